The number of ether oxygens (including phenoxy) is 2. The number of Topliss-reactive ketones (excluding diaryl/α,β-unsaturated/α-hetero) is 1. The maximum atomic E-state index is 11.7. The molecule has 0 spiro atoms. The number of hydrogen-bond donors (Lipinski definition) is 1. The number of allylic oxidation sites excluding steroid dienone is 1. The SMILES string of the molecule is CCC(C)(C)OC/C=C\COC(=O)C/C=C/CC(=O)C(C)(O)CC. The Balaban J connectivity index is 3.88. The standard InChI is InChI=1S/C19H32O5/c1-6-18(3,4)24-15-11-10-14-23-17(21)13-9-8-12-16(20)19(5,22)7-2/h8-11,22H,6-7,12-15H2,1-5H3/b9-8+,11-10-. The van der Waals surface area contributed by atoms with Crippen molar-refractivity contribution in [2.24, 2.45) is 0 Å². The van der Waals surface area contributed by atoms with Gasteiger partial charge in [0.05, 0.1) is 18.6 Å². The van der Waals surface area contributed by atoms with E-state index in [-0.39, 0.29) is 36.8 Å². The summed E-state index contributed by atoms with van der Waals surface area (Å²) in [5.74, 6) is -0.618. The highest BCUT2D eigenvalue weighted by atomic mass is 16.5. The van der Waals surface area contributed by atoms with Gasteiger partial charge in [0.15, 0.2) is 5.78 Å². The molecule has 0 saturated heterocycles. The van der Waals surface area contributed by atoms with E-state index >= 15 is 0 Å². The first-order valence-electron chi connectivity index (χ1n) is 8.50. The molecular formula is C19H32O5. The lowest BCUT2D eigenvalue weighted by molar-refractivity contribution is -0.141. The number of carbonyl (C=O) groups is 2. The van der Waals surface area contributed by atoms with Gasteiger partial charge in [0.2, 0.25) is 0 Å². The Hall–Kier alpha value is -1.46. The summed E-state index contributed by atoms with van der Waals surface area (Å²) < 4.78 is 10.7. The Kier molecular flexibility index (Phi) is 10.5. The van der Waals surface area contributed by atoms with E-state index in [2.05, 4.69) is 6.92 Å². The molecule has 0 aliphatic carbocycles. The van der Waals surface area contributed by atoms with Crippen molar-refractivity contribution >= 4 is 11.8 Å². The molecule has 0 heterocycles. The monoisotopic (exact) mass is 340 g/mol. The van der Waals surface area contributed by atoms with Gasteiger partial charge in [0, 0.05) is 6.42 Å². The Morgan fingerprint density at radius 1 is 0.917 bits per heavy atom. The number of ketones is 1. The van der Waals surface area contributed by atoms with Crippen molar-refractivity contribution in [2.45, 2.75) is 71.5 Å². The van der Waals surface area contributed by atoms with Gasteiger partial charge >= 0.3 is 5.97 Å². The molecule has 0 rings (SSSR count). The number of carbonyl (C=O) groups excluding carboxylic acids is 2. The van der Waals surface area contributed by atoms with E-state index in [0.717, 1.165) is 6.42 Å². The predicted octanol–water partition coefficient (Wildman–Crippen LogP) is 3.36. The number of aliphatic hydroxyl groups is 1. The van der Waals surface area contributed by atoms with Crippen LogP contribution in [0.25, 0.3) is 0 Å². The van der Waals surface area contributed by atoms with Crippen LogP contribution < -0.4 is 0 Å². The number of hydrogen-bond acceptors (Lipinski definition) is 5. The van der Waals surface area contributed by atoms with Gasteiger partial charge in [-0.1, -0.05) is 32.1 Å². The highest BCUT2D eigenvalue weighted by Crippen LogP contribution is 2.13. The molecule has 1 unspecified atom stereocenters. The summed E-state index contributed by atoms with van der Waals surface area (Å²) in [6.07, 6.45) is 8.26. The van der Waals surface area contributed by atoms with Crippen LogP contribution in [0.3, 0.4) is 0 Å². The Morgan fingerprint density at radius 2 is 1.50 bits per heavy atom. The molecule has 0 aromatic rings. The van der Waals surface area contributed by atoms with Crippen LogP contribution in [-0.4, -0.2) is 41.3 Å². The Bertz CT molecular complexity index is 447. The third-order valence-corrected chi connectivity index (χ3v) is 3.97. The van der Waals surface area contributed by atoms with E-state index in [1.165, 1.54) is 6.92 Å². The zero-order valence-electron chi connectivity index (χ0n) is 15.6. The average Bonchev–Trinajstić information content (AvgIpc) is 2.54. The molecule has 0 radical (unpaired) electrons. The molecule has 0 bridgehead atoms. The first-order valence-corrected chi connectivity index (χ1v) is 8.50. The zero-order chi connectivity index (χ0) is 18.6. The molecule has 1 atom stereocenters. The maximum absolute atomic E-state index is 11.7. The second kappa shape index (κ2) is 11.2. The van der Waals surface area contributed by atoms with Crippen LogP contribution in [0.4, 0.5) is 0 Å². The highest BCUT2D eigenvalue weighted by molar-refractivity contribution is 5.87. The van der Waals surface area contributed by atoms with Gasteiger partial charge < -0.3 is 14.6 Å². The normalized spacial score (nSPS) is 14.9. The van der Waals surface area contributed by atoms with Gasteiger partial charge in [-0.3, -0.25) is 9.59 Å². The van der Waals surface area contributed by atoms with E-state index in [1.54, 1.807) is 25.2 Å². The van der Waals surface area contributed by atoms with Crippen molar-refractivity contribution < 1.29 is 24.2 Å². The fourth-order valence-electron chi connectivity index (χ4n) is 1.50. The van der Waals surface area contributed by atoms with Gasteiger partial charge in [0.1, 0.15) is 12.2 Å². The van der Waals surface area contributed by atoms with Crippen molar-refractivity contribution in [3.8, 4) is 0 Å². The molecule has 0 aromatic carbocycles. The van der Waals surface area contributed by atoms with Gasteiger partial charge in [-0.05, 0) is 39.7 Å². The van der Waals surface area contributed by atoms with Crippen molar-refractivity contribution in [1.82, 2.24) is 0 Å². The van der Waals surface area contributed by atoms with Crippen LogP contribution in [0.5, 0.6) is 0 Å². The lowest BCUT2D eigenvalue weighted by Gasteiger charge is -2.22. The smallest absolute Gasteiger partial charge is 0.309 e. The molecule has 0 aliphatic rings. The van der Waals surface area contributed by atoms with E-state index < -0.39 is 5.60 Å². The van der Waals surface area contributed by atoms with Crippen molar-refractivity contribution in [2.75, 3.05) is 13.2 Å². The maximum Gasteiger partial charge on any atom is 0.309 e. The second-order valence-electron chi connectivity index (χ2n) is 6.51. The van der Waals surface area contributed by atoms with Gasteiger partial charge in [-0.2, -0.15) is 0 Å². The fourth-order valence-corrected chi connectivity index (χ4v) is 1.50. The molecular weight excluding hydrogens is 308 g/mol. The Morgan fingerprint density at radius 3 is 2.08 bits per heavy atom. The lowest BCUT2D eigenvalue weighted by Crippen LogP contribution is -2.33. The van der Waals surface area contributed by atoms with Gasteiger partial charge in [-0.15, -0.1) is 0 Å². The van der Waals surface area contributed by atoms with E-state index in [4.69, 9.17) is 9.47 Å². The highest BCUT2D eigenvalue weighted by Gasteiger charge is 2.25. The molecule has 0 aromatic heterocycles. The van der Waals surface area contributed by atoms with Crippen LogP contribution in [0, 0.1) is 0 Å². The van der Waals surface area contributed by atoms with Crippen molar-refractivity contribution in [1.29, 1.82) is 0 Å². The summed E-state index contributed by atoms with van der Waals surface area (Å²) in [5.41, 5.74) is -1.45. The first-order chi connectivity index (χ1) is 11.1. The largest absolute Gasteiger partial charge is 0.461 e. The first kappa shape index (κ1) is 22.5. The van der Waals surface area contributed by atoms with Crippen LogP contribution in [0.1, 0.15) is 60.3 Å². The summed E-state index contributed by atoms with van der Waals surface area (Å²) in [5, 5.41) is 9.76. The minimum absolute atomic E-state index is 0.106. The van der Waals surface area contributed by atoms with Crippen LogP contribution in [-0.2, 0) is 19.1 Å². The summed E-state index contributed by atoms with van der Waals surface area (Å²) in [6, 6.07) is 0. The molecule has 0 aliphatic heterocycles. The van der Waals surface area contributed by atoms with Gasteiger partial charge in [0.25, 0.3) is 0 Å². The zero-order valence-corrected chi connectivity index (χ0v) is 15.6. The van der Waals surface area contributed by atoms with E-state index in [0.29, 0.717) is 13.0 Å². The minimum Gasteiger partial charge on any atom is -0.461 e. The van der Waals surface area contributed by atoms with E-state index in [1.807, 2.05) is 19.9 Å². The predicted molar refractivity (Wildman–Crippen MR) is 94.7 cm³/mol. The molecule has 0 saturated carbocycles. The molecule has 5 heteroatoms. The molecule has 138 valence electrons. The van der Waals surface area contributed by atoms with Gasteiger partial charge in [-0.25, -0.2) is 0 Å². The summed E-state index contributed by atoms with van der Waals surface area (Å²) in [7, 11) is 0. The third kappa shape index (κ3) is 10.3. The molecule has 1 N–H and O–H groups in total. The molecule has 5 nitrogen and oxygen atoms in total. The molecule has 0 amide bonds. The average molecular weight is 340 g/mol. The summed E-state index contributed by atoms with van der Waals surface area (Å²) in [6.45, 7) is 10.0. The van der Waals surface area contributed by atoms with Crippen LogP contribution in [0.2, 0.25) is 0 Å². The summed E-state index contributed by atoms with van der Waals surface area (Å²) >= 11 is 0. The van der Waals surface area contributed by atoms with E-state index in [9.17, 15) is 14.7 Å². The van der Waals surface area contributed by atoms with Crippen molar-refractivity contribution in [3.63, 3.8) is 0 Å². The lowest BCUT2D eigenvalue weighted by atomic mass is 9.95. The topological polar surface area (TPSA) is 72.8 Å². The molecule has 0 fully saturated rings. The fraction of sp³-hybridized carbons (Fsp3) is 0.684. The van der Waals surface area contributed by atoms with Crippen LogP contribution in [0.15, 0.2) is 24.3 Å². The number of rotatable bonds is 12. The minimum atomic E-state index is -1.30. The van der Waals surface area contributed by atoms with Crippen LogP contribution >= 0.6 is 0 Å². The molecule has 24 heavy (non-hydrogen) atoms. The summed E-state index contributed by atoms with van der Waals surface area (Å²) in [4.78, 5) is 23.2. The second-order valence-corrected chi connectivity index (χ2v) is 6.51. The quantitative estimate of drug-likeness (QED) is 0.436. The van der Waals surface area contributed by atoms with Crippen molar-refractivity contribution in [3.05, 3.63) is 24.3 Å². The third-order valence-electron chi connectivity index (χ3n) is 3.97. The Labute approximate surface area is 145 Å². The number of esters is 1.